The Bertz CT molecular complexity index is 478. The third kappa shape index (κ3) is 2.40. The molecule has 6 nitrogen and oxygen atoms in total. The average molecular weight is 300 g/mol. The van der Waals surface area contributed by atoms with Crippen molar-refractivity contribution in [2.45, 2.75) is 0 Å². The number of rotatable bonds is 2. The summed E-state index contributed by atoms with van der Waals surface area (Å²) in [5.41, 5.74) is 2.55. The zero-order valence-electron chi connectivity index (χ0n) is 8.77. The molecule has 0 spiro atoms. The molecule has 2 rings (SSSR count). The van der Waals surface area contributed by atoms with Crippen LogP contribution in [0.2, 0.25) is 0 Å². The molecule has 7 heteroatoms. The van der Waals surface area contributed by atoms with Gasteiger partial charge in [0.1, 0.15) is 12.3 Å². The Labute approximate surface area is 106 Å². The monoisotopic (exact) mass is 299 g/mol. The van der Waals surface area contributed by atoms with Gasteiger partial charge in [0.2, 0.25) is 0 Å². The molecule has 1 aromatic carbocycles. The van der Waals surface area contributed by atoms with E-state index in [1.165, 1.54) is 4.90 Å². The Kier molecular flexibility index (Phi) is 3.30. The number of hydrogen-bond acceptors (Lipinski definition) is 4. The van der Waals surface area contributed by atoms with E-state index in [0.717, 1.165) is 4.47 Å². The van der Waals surface area contributed by atoms with Gasteiger partial charge in [0.25, 0.3) is 11.8 Å². The Balaban J connectivity index is 2.35. The highest BCUT2D eigenvalue weighted by Gasteiger charge is 2.27. The van der Waals surface area contributed by atoms with Gasteiger partial charge >= 0.3 is 0 Å². The molecule has 0 fully saturated rings. The molecule has 0 aliphatic carbocycles. The van der Waals surface area contributed by atoms with E-state index in [-0.39, 0.29) is 19.1 Å². The third-order valence-electron chi connectivity index (χ3n) is 2.33. The normalized spacial score (nSPS) is 14.0. The number of amides is 2. The average Bonchev–Trinajstić information content (AvgIpc) is 2.32. The fourth-order valence-corrected chi connectivity index (χ4v) is 1.89. The first kappa shape index (κ1) is 11.9. The standard InChI is InChI=1S/C10H10BrN3O3/c11-6-1-2-8-7(3-6)14(4-9(15)13-12)10(16)5-17-8/h1-3H,4-5,12H2,(H,13,15). The number of hydrogen-bond donors (Lipinski definition) is 2. The number of hydrazine groups is 1. The van der Waals surface area contributed by atoms with Gasteiger partial charge < -0.3 is 4.74 Å². The second kappa shape index (κ2) is 4.72. The van der Waals surface area contributed by atoms with Crippen LogP contribution in [0.4, 0.5) is 5.69 Å². The smallest absolute Gasteiger partial charge is 0.265 e. The number of benzene rings is 1. The summed E-state index contributed by atoms with van der Waals surface area (Å²) in [5, 5.41) is 0. The number of carbonyl (C=O) groups excluding carboxylic acids is 2. The molecule has 1 heterocycles. The molecule has 17 heavy (non-hydrogen) atoms. The van der Waals surface area contributed by atoms with Crippen LogP contribution < -0.4 is 20.9 Å². The largest absolute Gasteiger partial charge is 0.482 e. The van der Waals surface area contributed by atoms with Crippen molar-refractivity contribution >= 4 is 33.4 Å². The second-order valence-corrected chi connectivity index (χ2v) is 4.36. The topological polar surface area (TPSA) is 84.7 Å². The molecular weight excluding hydrogens is 290 g/mol. The molecule has 1 aromatic rings. The van der Waals surface area contributed by atoms with Gasteiger partial charge in [0.15, 0.2) is 6.61 Å². The van der Waals surface area contributed by atoms with Crippen LogP contribution in [0.5, 0.6) is 5.75 Å². The van der Waals surface area contributed by atoms with Gasteiger partial charge in [-0.1, -0.05) is 15.9 Å². The molecule has 0 saturated heterocycles. The maximum Gasteiger partial charge on any atom is 0.265 e. The van der Waals surface area contributed by atoms with Crippen LogP contribution in [0.3, 0.4) is 0 Å². The number of fused-ring (bicyclic) bond motifs is 1. The van der Waals surface area contributed by atoms with Crippen molar-refractivity contribution < 1.29 is 14.3 Å². The fraction of sp³-hybridized carbons (Fsp3) is 0.200. The summed E-state index contributed by atoms with van der Waals surface area (Å²) < 4.78 is 6.06. The van der Waals surface area contributed by atoms with Gasteiger partial charge in [-0.2, -0.15) is 0 Å². The summed E-state index contributed by atoms with van der Waals surface area (Å²) in [6.45, 7) is -0.200. The summed E-state index contributed by atoms with van der Waals surface area (Å²) in [6.07, 6.45) is 0. The van der Waals surface area contributed by atoms with Crippen molar-refractivity contribution in [2.75, 3.05) is 18.1 Å². The van der Waals surface area contributed by atoms with Gasteiger partial charge in [-0.25, -0.2) is 5.84 Å². The number of carbonyl (C=O) groups is 2. The molecule has 2 amide bonds. The minimum absolute atomic E-state index is 0.0769. The summed E-state index contributed by atoms with van der Waals surface area (Å²) in [6, 6.07) is 5.26. The Morgan fingerprint density at radius 2 is 2.35 bits per heavy atom. The van der Waals surface area contributed by atoms with Crippen molar-refractivity contribution in [1.29, 1.82) is 0 Å². The number of ether oxygens (including phenoxy) is 1. The van der Waals surface area contributed by atoms with E-state index < -0.39 is 5.91 Å². The van der Waals surface area contributed by atoms with E-state index in [2.05, 4.69) is 15.9 Å². The molecule has 1 aliphatic rings. The molecule has 0 aromatic heterocycles. The van der Waals surface area contributed by atoms with Crippen molar-refractivity contribution in [3.63, 3.8) is 0 Å². The molecule has 0 atom stereocenters. The van der Waals surface area contributed by atoms with Crippen LogP contribution in [-0.2, 0) is 9.59 Å². The Morgan fingerprint density at radius 1 is 1.59 bits per heavy atom. The number of halogens is 1. The first-order valence-electron chi connectivity index (χ1n) is 4.84. The number of nitrogens with two attached hydrogens (primary N) is 1. The van der Waals surface area contributed by atoms with E-state index in [1.54, 1.807) is 18.2 Å². The predicted molar refractivity (Wildman–Crippen MR) is 64.3 cm³/mol. The lowest BCUT2D eigenvalue weighted by atomic mass is 10.2. The van der Waals surface area contributed by atoms with Gasteiger partial charge in [0, 0.05) is 4.47 Å². The fourth-order valence-electron chi connectivity index (χ4n) is 1.54. The van der Waals surface area contributed by atoms with Crippen molar-refractivity contribution in [3.05, 3.63) is 22.7 Å². The van der Waals surface area contributed by atoms with Crippen molar-refractivity contribution in [2.24, 2.45) is 5.84 Å². The van der Waals surface area contributed by atoms with Crippen LogP contribution >= 0.6 is 15.9 Å². The van der Waals surface area contributed by atoms with E-state index in [0.29, 0.717) is 11.4 Å². The minimum atomic E-state index is -0.439. The lowest BCUT2D eigenvalue weighted by Gasteiger charge is -2.28. The third-order valence-corrected chi connectivity index (χ3v) is 2.82. The molecule has 0 saturated carbocycles. The number of nitrogens with zero attached hydrogens (tertiary/aromatic N) is 1. The van der Waals surface area contributed by atoms with Gasteiger partial charge in [-0.3, -0.25) is 19.9 Å². The highest BCUT2D eigenvalue weighted by atomic mass is 79.9. The summed E-state index contributed by atoms with van der Waals surface area (Å²) in [7, 11) is 0. The van der Waals surface area contributed by atoms with Crippen LogP contribution in [0.25, 0.3) is 0 Å². The molecule has 0 bridgehead atoms. The zero-order valence-corrected chi connectivity index (χ0v) is 10.4. The van der Waals surface area contributed by atoms with Crippen LogP contribution in [-0.4, -0.2) is 25.0 Å². The molecule has 3 N–H and O–H groups in total. The quantitative estimate of drug-likeness (QED) is 0.463. The maximum absolute atomic E-state index is 11.7. The van der Waals surface area contributed by atoms with Crippen LogP contribution in [0, 0.1) is 0 Å². The first-order valence-corrected chi connectivity index (χ1v) is 5.63. The van der Waals surface area contributed by atoms with E-state index >= 15 is 0 Å². The molecule has 0 radical (unpaired) electrons. The van der Waals surface area contributed by atoms with Crippen molar-refractivity contribution in [3.8, 4) is 5.75 Å². The van der Waals surface area contributed by atoms with Gasteiger partial charge in [0.05, 0.1) is 5.69 Å². The number of nitrogens with one attached hydrogen (secondary N) is 1. The first-order chi connectivity index (χ1) is 8.11. The van der Waals surface area contributed by atoms with E-state index in [9.17, 15) is 9.59 Å². The molecule has 1 aliphatic heterocycles. The minimum Gasteiger partial charge on any atom is -0.482 e. The molecule has 90 valence electrons. The maximum atomic E-state index is 11.7. The highest BCUT2D eigenvalue weighted by molar-refractivity contribution is 9.10. The highest BCUT2D eigenvalue weighted by Crippen LogP contribution is 2.34. The van der Waals surface area contributed by atoms with Crippen LogP contribution in [0.15, 0.2) is 22.7 Å². The zero-order chi connectivity index (χ0) is 12.4. The van der Waals surface area contributed by atoms with E-state index in [1.807, 2.05) is 5.43 Å². The number of anilines is 1. The van der Waals surface area contributed by atoms with Gasteiger partial charge in [-0.15, -0.1) is 0 Å². The Morgan fingerprint density at radius 3 is 3.06 bits per heavy atom. The summed E-state index contributed by atoms with van der Waals surface area (Å²) in [4.78, 5) is 24.3. The molecular formula is C10H10BrN3O3. The van der Waals surface area contributed by atoms with E-state index in [4.69, 9.17) is 10.6 Å². The second-order valence-electron chi connectivity index (χ2n) is 3.45. The summed E-state index contributed by atoms with van der Waals surface area (Å²) >= 11 is 3.30. The predicted octanol–water partition coefficient (Wildman–Crippen LogP) is 0.164. The summed E-state index contributed by atoms with van der Waals surface area (Å²) in [5.74, 6) is 4.86. The molecule has 0 unspecified atom stereocenters. The lowest BCUT2D eigenvalue weighted by molar-refractivity contribution is -0.125. The van der Waals surface area contributed by atoms with Gasteiger partial charge in [-0.05, 0) is 18.2 Å². The Hall–Kier alpha value is -1.60. The van der Waals surface area contributed by atoms with Crippen molar-refractivity contribution in [1.82, 2.24) is 5.43 Å². The van der Waals surface area contributed by atoms with Crippen LogP contribution in [0.1, 0.15) is 0 Å². The SMILES string of the molecule is NNC(=O)CN1C(=O)COc2ccc(Br)cc21. The lowest BCUT2D eigenvalue weighted by Crippen LogP contribution is -2.46.